The van der Waals surface area contributed by atoms with Crippen LogP contribution in [0, 0.1) is 0 Å². The molecule has 1 heterocycles. The predicted molar refractivity (Wildman–Crippen MR) is 100 cm³/mol. The van der Waals surface area contributed by atoms with E-state index in [0.29, 0.717) is 12.1 Å². The largest absolute Gasteiger partial charge is 0.351 e. The number of carbonyl (C=O) groups is 1. The Balaban J connectivity index is 1.58. The summed E-state index contributed by atoms with van der Waals surface area (Å²) in [5.74, 6) is -0.0195. The lowest BCUT2D eigenvalue weighted by molar-refractivity contribution is 0.0949. The fourth-order valence-corrected chi connectivity index (χ4v) is 3.91. The van der Waals surface area contributed by atoms with E-state index in [-0.39, 0.29) is 11.3 Å². The summed E-state index contributed by atoms with van der Waals surface area (Å²) in [5, 5.41) is 4.44. The smallest absolute Gasteiger partial charge is 0.252 e. The highest BCUT2D eigenvalue weighted by Gasteiger charge is 2.46. The number of nitrogens with zero attached hydrogens (tertiary/aromatic N) is 1. The van der Waals surface area contributed by atoms with Gasteiger partial charge in [0.2, 0.25) is 0 Å². The Morgan fingerprint density at radius 2 is 1.88 bits per heavy atom. The molecule has 1 fully saturated rings. The summed E-state index contributed by atoms with van der Waals surface area (Å²) in [6.45, 7) is 0.682. The predicted octanol–water partition coefficient (Wildman–Crippen LogP) is 4.40. The van der Waals surface area contributed by atoms with Gasteiger partial charge in [-0.3, -0.25) is 4.79 Å². The summed E-state index contributed by atoms with van der Waals surface area (Å²) in [7, 11) is 2.08. The number of halogens is 1. The van der Waals surface area contributed by atoms with Crippen LogP contribution in [0.1, 0.15) is 28.8 Å². The van der Waals surface area contributed by atoms with E-state index in [4.69, 9.17) is 0 Å². The third-order valence-electron chi connectivity index (χ3n) is 5.03. The minimum absolute atomic E-state index is 0.0195. The van der Waals surface area contributed by atoms with Crippen LogP contribution in [0.15, 0.2) is 59.2 Å². The number of aryl methyl sites for hydroxylation is 1. The second-order valence-electron chi connectivity index (χ2n) is 6.61. The van der Waals surface area contributed by atoms with E-state index in [0.717, 1.165) is 17.3 Å². The van der Waals surface area contributed by atoms with Crippen LogP contribution in [-0.2, 0) is 12.5 Å². The molecule has 4 rings (SSSR count). The molecule has 0 radical (unpaired) electrons. The summed E-state index contributed by atoms with van der Waals surface area (Å²) >= 11 is 3.45. The molecule has 0 saturated heterocycles. The zero-order valence-corrected chi connectivity index (χ0v) is 15.1. The number of aromatic nitrogens is 1. The molecule has 1 saturated carbocycles. The Bertz CT molecular complexity index is 924. The molecule has 24 heavy (non-hydrogen) atoms. The van der Waals surface area contributed by atoms with Gasteiger partial charge in [-0.05, 0) is 52.5 Å². The van der Waals surface area contributed by atoms with Crippen molar-refractivity contribution in [1.29, 1.82) is 0 Å². The van der Waals surface area contributed by atoms with Crippen molar-refractivity contribution in [2.45, 2.75) is 18.3 Å². The average Bonchev–Trinajstić information content (AvgIpc) is 3.31. The van der Waals surface area contributed by atoms with E-state index in [1.165, 1.54) is 16.5 Å². The number of amides is 1. The number of para-hydroxylation sites is 1. The maximum atomic E-state index is 12.5. The van der Waals surface area contributed by atoms with Crippen LogP contribution in [-0.4, -0.2) is 17.0 Å². The lowest BCUT2D eigenvalue weighted by Crippen LogP contribution is -2.32. The molecule has 1 aromatic heterocycles. The Morgan fingerprint density at radius 3 is 2.62 bits per heavy atom. The number of carbonyl (C=O) groups excluding carboxylic acids is 1. The highest BCUT2D eigenvalue weighted by atomic mass is 79.9. The Labute approximate surface area is 149 Å². The van der Waals surface area contributed by atoms with Gasteiger partial charge in [0.1, 0.15) is 0 Å². The lowest BCUT2D eigenvalue weighted by Gasteiger charge is -2.16. The zero-order valence-electron chi connectivity index (χ0n) is 13.6. The summed E-state index contributed by atoms with van der Waals surface area (Å²) in [6, 6.07) is 16.0. The first kappa shape index (κ1) is 15.5. The van der Waals surface area contributed by atoms with E-state index in [9.17, 15) is 4.79 Å². The van der Waals surface area contributed by atoms with Gasteiger partial charge in [0.15, 0.2) is 0 Å². The first-order valence-corrected chi connectivity index (χ1v) is 8.97. The quantitative estimate of drug-likeness (QED) is 0.712. The van der Waals surface area contributed by atoms with Crippen LogP contribution < -0.4 is 5.32 Å². The maximum Gasteiger partial charge on any atom is 0.252 e. The molecule has 3 aromatic rings. The molecule has 0 unspecified atom stereocenters. The van der Waals surface area contributed by atoms with Crippen molar-refractivity contribution >= 4 is 32.7 Å². The van der Waals surface area contributed by atoms with Crippen LogP contribution >= 0.6 is 15.9 Å². The molecule has 0 spiro atoms. The van der Waals surface area contributed by atoms with Crippen molar-refractivity contribution in [3.63, 3.8) is 0 Å². The molecule has 3 nitrogen and oxygen atoms in total. The van der Waals surface area contributed by atoms with Gasteiger partial charge in [-0.15, -0.1) is 0 Å². The van der Waals surface area contributed by atoms with Crippen molar-refractivity contribution in [1.82, 2.24) is 9.88 Å². The monoisotopic (exact) mass is 382 g/mol. The van der Waals surface area contributed by atoms with Crippen molar-refractivity contribution < 1.29 is 4.79 Å². The minimum atomic E-state index is -0.0195. The van der Waals surface area contributed by atoms with E-state index in [2.05, 4.69) is 63.3 Å². The Kier molecular flexibility index (Phi) is 3.72. The van der Waals surface area contributed by atoms with Gasteiger partial charge in [-0.2, -0.15) is 0 Å². The van der Waals surface area contributed by atoms with E-state index < -0.39 is 0 Å². The summed E-state index contributed by atoms with van der Waals surface area (Å²) < 4.78 is 3.01. The van der Waals surface area contributed by atoms with Gasteiger partial charge in [0.25, 0.3) is 5.91 Å². The number of benzene rings is 2. The standard InChI is InChI=1S/C20H19BrN2O/c1-23-12-16(14-6-3-5-9-18(14)23)20(10-11-20)13-22-19(24)15-7-2-4-8-17(15)21/h2-9,12H,10-11,13H2,1H3,(H,22,24). The zero-order chi connectivity index (χ0) is 16.7. The molecule has 1 aliphatic carbocycles. The van der Waals surface area contributed by atoms with Crippen molar-refractivity contribution in [2.24, 2.45) is 7.05 Å². The second kappa shape index (κ2) is 5.78. The highest BCUT2D eigenvalue weighted by molar-refractivity contribution is 9.10. The van der Waals surface area contributed by atoms with Crippen molar-refractivity contribution in [2.75, 3.05) is 6.54 Å². The van der Waals surface area contributed by atoms with Gasteiger partial charge in [-0.25, -0.2) is 0 Å². The maximum absolute atomic E-state index is 12.5. The molecule has 122 valence electrons. The number of rotatable bonds is 4. The van der Waals surface area contributed by atoms with Gasteiger partial charge in [0, 0.05) is 40.6 Å². The highest BCUT2D eigenvalue weighted by Crippen LogP contribution is 2.50. The van der Waals surface area contributed by atoms with Gasteiger partial charge in [-0.1, -0.05) is 30.3 Å². The number of nitrogens with one attached hydrogen (secondary N) is 1. The molecule has 0 atom stereocenters. The van der Waals surface area contributed by atoms with Crippen molar-refractivity contribution in [3.8, 4) is 0 Å². The Morgan fingerprint density at radius 1 is 1.17 bits per heavy atom. The molecule has 1 aliphatic rings. The molecule has 1 amide bonds. The van der Waals surface area contributed by atoms with Crippen LogP contribution in [0.2, 0.25) is 0 Å². The van der Waals surface area contributed by atoms with E-state index in [1.54, 1.807) is 0 Å². The number of hydrogen-bond acceptors (Lipinski definition) is 1. The fraction of sp³-hybridized carbons (Fsp3) is 0.250. The Hall–Kier alpha value is -2.07. The molecule has 0 aliphatic heterocycles. The van der Waals surface area contributed by atoms with Gasteiger partial charge in [0.05, 0.1) is 5.56 Å². The summed E-state index contributed by atoms with van der Waals surface area (Å²) in [4.78, 5) is 12.5. The lowest BCUT2D eigenvalue weighted by atomic mass is 9.95. The molecular formula is C20H19BrN2O. The fourth-order valence-electron chi connectivity index (χ4n) is 3.45. The normalized spacial score (nSPS) is 15.4. The molecular weight excluding hydrogens is 364 g/mol. The van der Waals surface area contributed by atoms with Gasteiger partial charge >= 0.3 is 0 Å². The van der Waals surface area contributed by atoms with Crippen LogP contribution in [0.25, 0.3) is 10.9 Å². The van der Waals surface area contributed by atoms with E-state index >= 15 is 0 Å². The first-order valence-electron chi connectivity index (χ1n) is 8.18. The topological polar surface area (TPSA) is 34.0 Å². The second-order valence-corrected chi connectivity index (χ2v) is 7.47. The van der Waals surface area contributed by atoms with Crippen molar-refractivity contribution in [3.05, 3.63) is 70.3 Å². The summed E-state index contributed by atoms with van der Waals surface area (Å²) in [5.41, 5.74) is 3.37. The average molecular weight is 383 g/mol. The van der Waals surface area contributed by atoms with E-state index in [1.807, 2.05) is 24.3 Å². The third-order valence-corrected chi connectivity index (χ3v) is 5.72. The SMILES string of the molecule is Cn1cc(C2(CNC(=O)c3ccccc3Br)CC2)c2ccccc21. The number of fused-ring (bicyclic) bond motifs is 1. The summed E-state index contributed by atoms with van der Waals surface area (Å²) in [6.07, 6.45) is 4.47. The number of hydrogen-bond donors (Lipinski definition) is 1. The van der Waals surface area contributed by atoms with Gasteiger partial charge < -0.3 is 9.88 Å². The third kappa shape index (κ3) is 2.55. The first-order chi connectivity index (χ1) is 11.6. The molecule has 1 N–H and O–H groups in total. The van der Waals surface area contributed by atoms with Crippen LogP contribution in [0.5, 0.6) is 0 Å². The van der Waals surface area contributed by atoms with Crippen LogP contribution in [0.4, 0.5) is 0 Å². The van der Waals surface area contributed by atoms with Crippen LogP contribution in [0.3, 0.4) is 0 Å². The molecule has 0 bridgehead atoms. The minimum Gasteiger partial charge on any atom is -0.351 e. The molecule has 4 heteroatoms. The molecule has 2 aromatic carbocycles.